The highest BCUT2D eigenvalue weighted by atomic mass is 32.2. The minimum atomic E-state index is -0.0920. The van der Waals surface area contributed by atoms with Gasteiger partial charge < -0.3 is 4.90 Å². The van der Waals surface area contributed by atoms with Gasteiger partial charge in [0, 0.05) is 40.6 Å². The first kappa shape index (κ1) is 31.4. The molecule has 8 rings (SSSR count). The molecule has 4 heterocycles. The number of thioether (sulfide) groups is 1. The lowest BCUT2D eigenvalue weighted by atomic mass is 9.56. The first-order chi connectivity index (χ1) is 23.1. The molecule has 0 fully saturated rings. The van der Waals surface area contributed by atoms with Crippen molar-refractivity contribution in [2.75, 3.05) is 6.26 Å². The lowest BCUT2D eigenvalue weighted by Gasteiger charge is -2.61. The zero-order chi connectivity index (χ0) is 33.6. The molecule has 0 amide bonds. The molecule has 0 radical (unpaired) electrons. The third-order valence-corrected chi connectivity index (χ3v) is 13.5. The van der Waals surface area contributed by atoms with Crippen LogP contribution in [0.3, 0.4) is 0 Å². The van der Waals surface area contributed by atoms with Crippen LogP contribution in [0, 0.1) is 6.92 Å². The fourth-order valence-corrected chi connectivity index (χ4v) is 10.9. The number of fused-ring (bicyclic) bond motifs is 3. The summed E-state index contributed by atoms with van der Waals surface area (Å²) in [6.07, 6.45) is 15.9. The van der Waals surface area contributed by atoms with Crippen LogP contribution in [0.5, 0.6) is 0 Å². The van der Waals surface area contributed by atoms with Gasteiger partial charge in [0.15, 0.2) is 11.9 Å². The van der Waals surface area contributed by atoms with E-state index >= 15 is 0 Å². The largest absolute Gasteiger partial charge is 0.360 e. The van der Waals surface area contributed by atoms with Crippen LogP contribution in [0.2, 0.25) is 0 Å². The van der Waals surface area contributed by atoms with Gasteiger partial charge in [0.1, 0.15) is 0 Å². The van der Waals surface area contributed by atoms with Crippen molar-refractivity contribution in [3.8, 4) is 11.1 Å². The van der Waals surface area contributed by atoms with Gasteiger partial charge in [0.25, 0.3) is 0 Å². The zero-order valence-electron chi connectivity index (χ0n) is 29.9. The van der Waals surface area contributed by atoms with Gasteiger partial charge in [-0.25, -0.2) is 0 Å². The van der Waals surface area contributed by atoms with Gasteiger partial charge in [0.2, 0.25) is 5.52 Å². The molecule has 1 aliphatic carbocycles. The quantitative estimate of drug-likeness (QED) is 0.0984. The van der Waals surface area contributed by atoms with Gasteiger partial charge >= 0.3 is 0 Å². The number of pyridine rings is 2. The highest BCUT2D eigenvalue weighted by molar-refractivity contribution is 7.98. The average molecular weight is 650 g/mol. The lowest BCUT2D eigenvalue weighted by Crippen LogP contribution is -2.64. The van der Waals surface area contributed by atoms with Crippen LogP contribution in [0.15, 0.2) is 108 Å². The first-order valence-corrected chi connectivity index (χ1v) is 19.2. The molecule has 3 aliphatic rings. The molecule has 0 saturated carbocycles. The minimum absolute atomic E-state index is 0.0132. The van der Waals surface area contributed by atoms with Crippen molar-refractivity contribution in [2.24, 2.45) is 0 Å². The maximum atomic E-state index is 2.78. The topological polar surface area (TPSA) is 7.34 Å². The second kappa shape index (κ2) is 11.1. The molecule has 3 aromatic carbocycles. The molecule has 3 unspecified atom stereocenters. The van der Waals surface area contributed by atoms with E-state index in [4.69, 9.17) is 0 Å². The fraction of sp³-hybridized carbons (Fsp3) is 0.356. The van der Waals surface area contributed by atoms with E-state index in [1.54, 1.807) is 16.7 Å². The van der Waals surface area contributed by atoms with Gasteiger partial charge in [-0.3, -0.25) is 0 Å². The Labute approximate surface area is 291 Å². The monoisotopic (exact) mass is 649 g/mol. The highest BCUT2D eigenvalue weighted by Crippen LogP contribution is 2.64. The fourth-order valence-electron chi connectivity index (χ4n) is 10.2. The molecule has 5 aromatic rings. The third-order valence-electron chi connectivity index (χ3n) is 12.8. The van der Waals surface area contributed by atoms with E-state index in [1.807, 2.05) is 11.8 Å². The summed E-state index contributed by atoms with van der Waals surface area (Å²) >= 11 is 1.88. The molecule has 0 N–H and O–H groups in total. The predicted molar refractivity (Wildman–Crippen MR) is 204 cm³/mol. The van der Waals surface area contributed by atoms with Gasteiger partial charge in [0.05, 0.1) is 16.3 Å². The van der Waals surface area contributed by atoms with Crippen molar-refractivity contribution in [1.29, 1.82) is 0 Å². The third kappa shape index (κ3) is 4.03. The molecule has 0 bridgehead atoms. The number of hydrogen-bond donors (Lipinski definition) is 0. The van der Waals surface area contributed by atoms with Crippen molar-refractivity contribution in [3.05, 3.63) is 136 Å². The normalized spacial score (nSPS) is 23.5. The van der Waals surface area contributed by atoms with Crippen LogP contribution in [-0.4, -0.2) is 16.7 Å². The number of aromatic nitrogens is 1. The zero-order valence-corrected chi connectivity index (χ0v) is 30.8. The van der Waals surface area contributed by atoms with Gasteiger partial charge in [-0.2, -0.15) is 4.40 Å². The Hall–Kier alpha value is -3.82. The molecule has 244 valence electrons. The van der Waals surface area contributed by atoms with Gasteiger partial charge in [-0.05, 0) is 95.8 Å². The van der Waals surface area contributed by atoms with E-state index in [1.165, 1.54) is 54.7 Å². The summed E-state index contributed by atoms with van der Waals surface area (Å²) in [4.78, 5) is 4.13. The van der Waals surface area contributed by atoms with Crippen LogP contribution in [0.4, 0.5) is 0 Å². The molecule has 48 heavy (non-hydrogen) atoms. The lowest BCUT2D eigenvalue weighted by molar-refractivity contribution is -0.523. The Morgan fingerprint density at radius 2 is 1.65 bits per heavy atom. The second-order valence-electron chi connectivity index (χ2n) is 15.1. The van der Waals surface area contributed by atoms with E-state index < -0.39 is 0 Å². The standard InChI is InChI=1S/C45H49N2S/c1-9-33-34(30-17-13-12-14-18-30)23-22-31-26-32(46-28-29(4)25-38(48-8)42(46)39(31)33)27-45(11-3)36-20-15-19-35-40(36)41-37(43(35,5)6)21-16-24-47(41)44(45,7)10-2/h12-26,28,41H,9-11,27H2,1-8H3/q+1. The smallest absolute Gasteiger partial charge is 0.232 e. The van der Waals surface area contributed by atoms with Crippen molar-refractivity contribution in [1.82, 2.24) is 4.90 Å². The summed E-state index contributed by atoms with van der Waals surface area (Å²) in [6.45, 7) is 16.9. The van der Waals surface area contributed by atoms with E-state index in [-0.39, 0.29) is 16.4 Å². The second-order valence-corrected chi connectivity index (χ2v) is 16.0. The Morgan fingerprint density at radius 3 is 2.35 bits per heavy atom. The predicted octanol–water partition coefficient (Wildman–Crippen LogP) is 11.0. The van der Waals surface area contributed by atoms with Gasteiger partial charge in [-0.15, -0.1) is 11.8 Å². The van der Waals surface area contributed by atoms with Crippen LogP contribution in [0.1, 0.15) is 93.9 Å². The van der Waals surface area contributed by atoms with Crippen LogP contribution in [0.25, 0.3) is 27.4 Å². The molecular weight excluding hydrogens is 601 g/mol. The van der Waals surface area contributed by atoms with E-state index in [0.29, 0.717) is 6.04 Å². The van der Waals surface area contributed by atoms with Crippen molar-refractivity contribution in [3.63, 3.8) is 0 Å². The van der Waals surface area contributed by atoms with Gasteiger partial charge in [-0.1, -0.05) is 101 Å². The Balaban J connectivity index is 1.44. The summed E-state index contributed by atoms with van der Waals surface area (Å²) in [6, 6.07) is 28.2. The first-order valence-electron chi connectivity index (χ1n) is 18.0. The van der Waals surface area contributed by atoms with E-state index in [2.05, 4.69) is 161 Å². The van der Waals surface area contributed by atoms with Crippen molar-refractivity contribution < 1.29 is 4.40 Å². The summed E-state index contributed by atoms with van der Waals surface area (Å²) < 4.78 is 2.60. The number of hydrogen-bond acceptors (Lipinski definition) is 2. The molecule has 3 heteroatoms. The minimum Gasteiger partial charge on any atom is -0.360 e. The molecule has 0 saturated heterocycles. The molecule has 2 aromatic heterocycles. The molecule has 2 aliphatic heterocycles. The summed E-state index contributed by atoms with van der Waals surface area (Å²) in [5.41, 5.74) is 14.2. The summed E-state index contributed by atoms with van der Waals surface area (Å²) in [7, 11) is 0. The summed E-state index contributed by atoms with van der Waals surface area (Å²) in [5.74, 6) is 0. The maximum Gasteiger partial charge on any atom is 0.232 e. The highest BCUT2D eigenvalue weighted by Gasteiger charge is 2.61. The van der Waals surface area contributed by atoms with Crippen LogP contribution < -0.4 is 4.40 Å². The number of benzene rings is 3. The number of rotatable bonds is 7. The Bertz CT molecular complexity index is 2170. The maximum absolute atomic E-state index is 2.78. The molecule has 3 atom stereocenters. The van der Waals surface area contributed by atoms with Crippen LogP contribution >= 0.6 is 11.8 Å². The molecule has 2 nitrogen and oxygen atoms in total. The Kier molecular flexibility index (Phi) is 7.27. The van der Waals surface area contributed by atoms with E-state index in [0.717, 1.165) is 25.7 Å². The average Bonchev–Trinajstić information content (AvgIpc) is 3.35. The van der Waals surface area contributed by atoms with E-state index in [9.17, 15) is 0 Å². The molecular formula is C45H49N2S+. The number of aryl methyl sites for hydroxylation is 2. The Morgan fingerprint density at radius 1 is 0.875 bits per heavy atom. The number of nitrogens with zero attached hydrogens (tertiary/aromatic N) is 2. The number of allylic oxidation sites excluding steroid dienone is 2. The SMILES string of the molecule is CCc1c(-c2ccccc2)ccc2cc(CC3(CC)c4cccc5c4C4C(=CC=CN4C3(C)CC)C5(C)C)[n+]3cc(C)cc(SC)c3c12. The summed E-state index contributed by atoms with van der Waals surface area (Å²) in [5, 5.41) is 2.75. The molecule has 0 spiro atoms. The van der Waals surface area contributed by atoms with Crippen LogP contribution in [-0.2, 0) is 23.7 Å². The van der Waals surface area contributed by atoms with Crippen molar-refractivity contribution >= 4 is 28.1 Å². The van der Waals surface area contributed by atoms with Crippen molar-refractivity contribution in [2.45, 2.75) is 101 Å².